The van der Waals surface area contributed by atoms with Crippen molar-refractivity contribution < 1.29 is 9.53 Å². The van der Waals surface area contributed by atoms with Crippen LogP contribution in [0.15, 0.2) is 12.4 Å². The van der Waals surface area contributed by atoms with Gasteiger partial charge in [-0.15, -0.1) is 0 Å². The molecule has 96 valence electrons. The van der Waals surface area contributed by atoms with Crippen molar-refractivity contribution in [2.75, 3.05) is 6.54 Å². The molecule has 1 aromatic rings. The standard InChI is InChI=1S/C11H18ClN3O2/c1-11(2,3)17-10(16)14-5-4-7-15-8-6-13-9(15)12/h6,8H,4-5,7H2,1-3H3,(H,14,16). The molecule has 0 aromatic carbocycles. The number of halogens is 1. The molecule has 0 aliphatic heterocycles. The van der Waals surface area contributed by atoms with Crippen molar-refractivity contribution in [3.8, 4) is 0 Å². The second-order valence-electron chi connectivity index (χ2n) is 4.67. The summed E-state index contributed by atoms with van der Waals surface area (Å²) in [5, 5.41) is 3.14. The quantitative estimate of drug-likeness (QED) is 0.845. The maximum absolute atomic E-state index is 11.3. The maximum Gasteiger partial charge on any atom is 0.407 e. The highest BCUT2D eigenvalue weighted by Gasteiger charge is 2.15. The fourth-order valence-electron chi connectivity index (χ4n) is 1.23. The van der Waals surface area contributed by atoms with Gasteiger partial charge in [0.1, 0.15) is 5.60 Å². The van der Waals surface area contributed by atoms with Crippen molar-refractivity contribution in [1.29, 1.82) is 0 Å². The van der Waals surface area contributed by atoms with Crippen LogP contribution in [0.25, 0.3) is 0 Å². The monoisotopic (exact) mass is 259 g/mol. The zero-order valence-electron chi connectivity index (χ0n) is 10.4. The zero-order chi connectivity index (χ0) is 12.9. The molecule has 0 spiro atoms. The molecular formula is C11H18ClN3O2. The van der Waals surface area contributed by atoms with E-state index in [0.717, 1.165) is 6.42 Å². The number of imidazole rings is 1. The van der Waals surface area contributed by atoms with Gasteiger partial charge in [-0.2, -0.15) is 0 Å². The van der Waals surface area contributed by atoms with E-state index in [4.69, 9.17) is 16.3 Å². The van der Waals surface area contributed by atoms with Crippen LogP contribution < -0.4 is 5.32 Å². The lowest BCUT2D eigenvalue weighted by atomic mass is 10.2. The molecule has 1 rings (SSSR count). The number of hydrogen-bond acceptors (Lipinski definition) is 3. The molecule has 0 aliphatic carbocycles. The molecule has 5 nitrogen and oxygen atoms in total. The second-order valence-corrected chi connectivity index (χ2v) is 5.01. The molecule has 0 fully saturated rings. The van der Waals surface area contributed by atoms with E-state index < -0.39 is 11.7 Å². The average Bonchev–Trinajstić information content (AvgIpc) is 2.56. The zero-order valence-corrected chi connectivity index (χ0v) is 11.1. The van der Waals surface area contributed by atoms with Crippen LogP contribution in [0.3, 0.4) is 0 Å². The Balaban J connectivity index is 2.17. The topological polar surface area (TPSA) is 56.1 Å². The summed E-state index contributed by atoms with van der Waals surface area (Å²) in [4.78, 5) is 15.2. The predicted molar refractivity (Wildman–Crippen MR) is 66.1 cm³/mol. The summed E-state index contributed by atoms with van der Waals surface area (Å²) in [6.45, 7) is 6.76. The number of aryl methyl sites for hydroxylation is 1. The Kier molecular flexibility index (Phi) is 4.81. The fourth-order valence-corrected chi connectivity index (χ4v) is 1.43. The molecule has 17 heavy (non-hydrogen) atoms. The predicted octanol–water partition coefficient (Wildman–Crippen LogP) is 2.45. The number of carbonyl (C=O) groups is 1. The fraction of sp³-hybridized carbons (Fsp3) is 0.636. The first kappa shape index (κ1) is 13.8. The number of ether oxygens (including phenoxy) is 1. The van der Waals surface area contributed by atoms with E-state index in [1.54, 1.807) is 12.4 Å². The van der Waals surface area contributed by atoms with Gasteiger partial charge in [-0.05, 0) is 38.8 Å². The third kappa shape index (κ3) is 5.58. The molecule has 1 amide bonds. The third-order valence-electron chi connectivity index (χ3n) is 1.91. The van der Waals surface area contributed by atoms with E-state index in [2.05, 4.69) is 10.3 Å². The van der Waals surface area contributed by atoms with E-state index in [0.29, 0.717) is 18.4 Å². The van der Waals surface area contributed by atoms with Gasteiger partial charge in [0.15, 0.2) is 0 Å². The first-order valence-corrected chi connectivity index (χ1v) is 5.90. The molecule has 1 heterocycles. The molecule has 0 saturated carbocycles. The van der Waals surface area contributed by atoms with Crippen LogP contribution >= 0.6 is 11.6 Å². The van der Waals surface area contributed by atoms with Crippen molar-refractivity contribution in [3.05, 3.63) is 17.7 Å². The highest BCUT2D eigenvalue weighted by Crippen LogP contribution is 2.07. The minimum absolute atomic E-state index is 0.394. The summed E-state index contributed by atoms with van der Waals surface area (Å²) in [7, 11) is 0. The van der Waals surface area contributed by atoms with Gasteiger partial charge in [-0.1, -0.05) is 0 Å². The van der Waals surface area contributed by atoms with Gasteiger partial charge >= 0.3 is 6.09 Å². The van der Waals surface area contributed by atoms with Crippen LogP contribution in [0.4, 0.5) is 4.79 Å². The molecule has 0 aliphatic rings. The molecule has 0 unspecified atom stereocenters. The van der Waals surface area contributed by atoms with Gasteiger partial charge in [0.05, 0.1) is 0 Å². The summed E-state index contributed by atoms with van der Waals surface area (Å²) in [5.41, 5.74) is -0.461. The summed E-state index contributed by atoms with van der Waals surface area (Å²) >= 11 is 5.81. The lowest BCUT2D eigenvalue weighted by Crippen LogP contribution is -2.33. The van der Waals surface area contributed by atoms with Gasteiger partial charge in [0.25, 0.3) is 0 Å². The molecule has 1 N–H and O–H groups in total. The molecule has 0 radical (unpaired) electrons. The van der Waals surface area contributed by atoms with Gasteiger partial charge in [0, 0.05) is 25.5 Å². The molecular weight excluding hydrogens is 242 g/mol. The Morgan fingerprint density at radius 3 is 2.82 bits per heavy atom. The van der Waals surface area contributed by atoms with Crippen LogP contribution in [0, 0.1) is 0 Å². The van der Waals surface area contributed by atoms with Gasteiger partial charge in [0.2, 0.25) is 5.28 Å². The Hall–Kier alpha value is -1.23. The Bertz CT molecular complexity index is 371. The van der Waals surface area contributed by atoms with E-state index in [1.165, 1.54) is 0 Å². The minimum Gasteiger partial charge on any atom is -0.444 e. The van der Waals surface area contributed by atoms with Crippen LogP contribution in [0.5, 0.6) is 0 Å². The lowest BCUT2D eigenvalue weighted by Gasteiger charge is -2.19. The minimum atomic E-state index is -0.461. The lowest BCUT2D eigenvalue weighted by molar-refractivity contribution is 0.0526. The largest absolute Gasteiger partial charge is 0.444 e. The van der Waals surface area contributed by atoms with Gasteiger partial charge in [-0.3, -0.25) is 0 Å². The Morgan fingerprint density at radius 1 is 1.59 bits per heavy atom. The molecule has 0 bridgehead atoms. The number of alkyl carbamates (subject to hydrolysis) is 1. The molecule has 6 heteroatoms. The summed E-state index contributed by atoms with van der Waals surface area (Å²) < 4.78 is 6.92. The second kappa shape index (κ2) is 5.91. The van der Waals surface area contributed by atoms with E-state index in [9.17, 15) is 4.79 Å². The SMILES string of the molecule is CC(C)(C)OC(=O)NCCCn1ccnc1Cl. The average molecular weight is 260 g/mol. The van der Waals surface area contributed by atoms with Crippen molar-refractivity contribution in [2.24, 2.45) is 0 Å². The number of aromatic nitrogens is 2. The maximum atomic E-state index is 11.3. The number of carbonyl (C=O) groups excluding carboxylic acids is 1. The summed E-state index contributed by atoms with van der Waals surface area (Å²) in [6.07, 6.45) is 3.82. The molecule has 0 atom stereocenters. The molecule has 0 saturated heterocycles. The van der Waals surface area contributed by atoms with Crippen LogP contribution in [0.1, 0.15) is 27.2 Å². The molecule has 1 aromatic heterocycles. The van der Waals surface area contributed by atoms with Crippen LogP contribution in [-0.2, 0) is 11.3 Å². The highest BCUT2D eigenvalue weighted by molar-refractivity contribution is 6.28. The van der Waals surface area contributed by atoms with E-state index in [1.807, 2.05) is 25.3 Å². The Labute approximate surface area is 106 Å². The van der Waals surface area contributed by atoms with Crippen molar-refractivity contribution >= 4 is 17.7 Å². The summed E-state index contributed by atoms with van der Waals surface area (Å²) in [5.74, 6) is 0. The van der Waals surface area contributed by atoms with Gasteiger partial charge in [-0.25, -0.2) is 9.78 Å². The van der Waals surface area contributed by atoms with Crippen molar-refractivity contribution in [3.63, 3.8) is 0 Å². The first-order valence-electron chi connectivity index (χ1n) is 5.52. The number of amides is 1. The Morgan fingerprint density at radius 2 is 2.29 bits per heavy atom. The van der Waals surface area contributed by atoms with E-state index in [-0.39, 0.29) is 0 Å². The van der Waals surface area contributed by atoms with Crippen LogP contribution in [-0.4, -0.2) is 27.8 Å². The number of rotatable bonds is 4. The number of nitrogens with zero attached hydrogens (tertiary/aromatic N) is 2. The van der Waals surface area contributed by atoms with E-state index >= 15 is 0 Å². The van der Waals surface area contributed by atoms with Gasteiger partial charge < -0.3 is 14.6 Å². The number of nitrogens with one attached hydrogen (secondary N) is 1. The smallest absolute Gasteiger partial charge is 0.407 e. The normalized spacial score (nSPS) is 11.3. The van der Waals surface area contributed by atoms with Crippen LogP contribution in [0.2, 0.25) is 5.28 Å². The van der Waals surface area contributed by atoms with Crippen molar-refractivity contribution in [2.45, 2.75) is 39.3 Å². The van der Waals surface area contributed by atoms with Crippen molar-refractivity contribution in [1.82, 2.24) is 14.9 Å². The number of hydrogen-bond donors (Lipinski definition) is 1. The first-order chi connectivity index (χ1) is 7.88. The third-order valence-corrected chi connectivity index (χ3v) is 2.22. The summed E-state index contributed by atoms with van der Waals surface area (Å²) in [6, 6.07) is 0. The highest BCUT2D eigenvalue weighted by atomic mass is 35.5.